The molecule has 1 nitrogen and oxygen atoms in total. The molecule has 6 rings (SSSR count). The number of aliphatic hydroxyl groups is 1. The van der Waals surface area contributed by atoms with Gasteiger partial charge in [-0.1, -0.05) is 127 Å². The van der Waals surface area contributed by atoms with Crippen LogP contribution in [0.4, 0.5) is 0 Å². The fourth-order valence-corrected chi connectivity index (χ4v) is 5.78. The summed E-state index contributed by atoms with van der Waals surface area (Å²) in [5.41, 5.74) is 2.45. The molecule has 0 saturated heterocycles. The van der Waals surface area contributed by atoms with Crippen LogP contribution < -0.4 is 0 Å². The third-order valence-corrected chi connectivity index (χ3v) is 7.32. The molecule has 1 heteroatoms. The average molecular weight is 453 g/mol. The van der Waals surface area contributed by atoms with Gasteiger partial charge in [-0.2, -0.15) is 0 Å². The minimum atomic E-state index is -1.03. The largest absolute Gasteiger partial charge is 0.389 e. The Balaban J connectivity index is 1.59. The highest BCUT2D eigenvalue weighted by molar-refractivity contribution is 5.91. The Bertz CT molecular complexity index is 1570. The van der Waals surface area contributed by atoms with Gasteiger partial charge >= 0.3 is 0 Å². The highest BCUT2D eigenvalue weighted by Crippen LogP contribution is 2.43. The third-order valence-electron chi connectivity index (χ3n) is 7.32. The highest BCUT2D eigenvalue weighted by atomic mass is 16.3. The molecule has 0 amide bonds. The zero-order valence-electron chi connectivity index (χ0n) is 19.9. The molecule has 1 unspecified atom stereocenters. The van der Waals surface area contributed by atoms with Crippen LogP contribution >= 0.6 is 0 Å². The molecule has 0 spiro atoms. The monoisotopic (exact) mass is 452 g/mol. The van der Waals surface area contributed by atoms with Crippen LogP contribution in [0.5, 0.6) is 0 Å². The lowest BCUT2D eigenvalue weighted by atomic mass is 9.72. The predicted molar refractivity (Wildman–Crippen MR) is 148 cm³/mol. The third kappa shape index (κ3) is 3.88. The summed E-state index contributed by atoms with van der Waals surface area (Å²) in [6.07, 6.45) is 0.547. The van der Waals surface area contributed by atoms with Crippen LogP contribution in [0, 0.1) is 0 Å². The standard InChI is InChI=1S/C34H28O/c1-34(35,23-27-17-8-14-24-11-2-5-18-28(24)27)33(31-21-9-15-25-12-3-6-19-29(25)31)32-22-10-16-26-13-4-7-20-30(26)32/h2-22,33,35H,23H2,1H3. The van der Waals surface area contributed by atoms with Crippen molar-refractivity contribution in [3.05, 3.63) is 144 Å². The lowest BCUT2D eigenvalue weighted by molar-refractivity contribution is 0.0443. The summed E-state index contributed by atoms with van der Waals surface area (Å²) >= 11 is 0. The minimum Gasteiger partial charge on any atom is -0.389 e. The van der Waals surface area contributed by atoms with Gasteiger partial charge in [0, 0.05) is 12.3 Å². The Labute approximate surface area is 206 Å². The molecule has 6 aromatic rings. The molecule has 0 bridgehead atoms. The molecule has 0 aliphatic rings. The predicted octanol–water partition coefficient (Wildman–Crippen LogP) is 8.27. The van der Waals surface area contributed by atoms with Gasteiger partial charge in [0.2, 0.25) is 0 Å². The van der Waals surface area contributed by atoms with E-state index in [9.17, 15) is 5.11 Å². The Morgan fingerprint density at radius 3 is 1.46 bits per heavy atom. The van der Waals surface area contributed by atoms with Crippen LogP contribution in [-0.2, 0) is 6.42 Å². The van der Waals surface area contributed by atoms with Crippen molar-refractivity contribution in [2.24, 2.45) is 0 Å². The number of fused-ring (bicyclic) bond motifs is 3. The maximum Gasteiger partial charge on any atom is 0.0769 e. The average Bonchev–Trinajstić information content (AvgIpc) is 2.89. The van der Waals surface area contributed by atoms with Gasteiger partial charge in [0.25, 0.3) is 0 Å². The van der Waals surface area contributed by atoms with Crippen molar-refractivity contribution in [3.63, 3.8) is 0 Å². The Hall–Kier alpha value is -3.94. The smallest absolute Gasteiger partial charge is 0.0769 e. The lowest BCUT2D eigenvalue weighted by Gasteiger charge is -2.36. The Morgan fingerprint density at radius 2 is 0.914 bits per heavy atom. The summed E-state index contributed by atoms with van der Waals surface area (Å²) in [6.45, 7) is 2.00. The van der Waals surface area contributed by atoms with Crippen molar-refractivity contribution in [1.82, 2.24) is 0 Å². The van der Waals surface area contributed by atoms with Gasteiger partial charge < -0.3 is 5.11 Å². The molecular weight excluding hydrogens is 424 g/mol. The number of hydrogen-bond donors (Lipinski definition) is 1. The fraction of sp³-hybridized carbons (Fsp3) is 0.118. The summed E-state index contributed by atoms with van der Waals surface area (Å²) in [6, 6.07) is 44.7. The summed E-state index contributed by atoms with van der Waals surface area (Å²) < 4.78 is 0. The molecule has 0 saturated carbocycles. The molecule has 1 atom stereocenters. The van der Waals surface area contributed by atoms with E-state index in [0.29, 0.717) is 6.42 Å². The van der Waals surface area contributed by atoms with E-state index in [1.807, 2.05) is 6.92 Å². The van der Waals surface area contributed by atoms with Gasteiger partial charge in [-0.3, -0.25) is 0 Å². The van der Waals surface area contributed by atoms with Crippen molar-refractivity contribution in [2.45, 2.75) is 24.9 Å². The second kappa shape index (κ2) is 8.69. The molecule has 0 radical (unpaired) electrons. The molecule has 6 aromatic carbocycles. The first kappa shape index (κ1) is 21.6. The van der Waals surface area contributed by atoms with Crippen molar-refractivity contribution in [2.75, 3.05) is 0 Å². The van der Waals surface area contributed by atoms with Crippen molar-refractivity contribution < 1.29 is 5.11 Å². The van der Waals surface area contributed by atoms with Crippen LogP contribution in [0.3, 0.4) is 0 Å². The zero-order chi connectivity index (χ0) is 23.8. The van der Waals surface area contributed by atoms with Gasteiger partial charge in [0.15, 0.2) is 0 Å². The highest BCUT2D eigenvalue weighted by Gasteiger charge is 2.36. The van der Waals surface area contributed by atoms with Gasteiger partial charge in [0.05, 0.1) is 5.60 Å². The first-order valence-electron chi connectivity index (χ1n) is 12.3. The molecule has 0 aliphatic carbocycles. The van der Waals surface area contributed by atoms with Gasteiger partial charge in [-0.05, 0) is 55.9 Å². The maximum atomic E-state index is 12.4. The Kier molecular flexibility index (Phi) is 5.36. The van der Waals surface area contributed by atoms with Crippen LogP contribution in [0.25, 0.3) is 32.3 Å². The van der Waals surface area contributed by atoms with Crippen LogP contribution in [-0.4, -0.2) is 10.7 Å². The van der Waals surface area contributed by atoms with Crippen LogP contribution in [0.1, 0.15) is 29.5 Å². The van der Waals surface area contributed by atoms with E-state index in [-0.39, 0.29) is 5.92 Å². The van der Waals surface area contributed by atoms with Crippen LogP contribution in [0.2, 0.25) is 0 Å². The molecule has 170 valence electrons. The van der Waals surface area contributed by atoms with E-state index in [1.165, 1.54) is 37.9 Å². The second-order valence-corrected chi connectivity index (χ2v) is 9.74. The Morgan fingerprint density at radius 1 is 0.514 bits per heavy atom. The second-order valence-electron chi connectivity index (χ2n) is 9.74. The molecule has 0 aliphatic heterocycles. The summed E-state index contributed by atoms with van der Waals surface area (Å²) in [7, 11) is 0. The van der Waals surface area contributed by atoms with Gasteiger partial charge in [0.1, 0.15) is 0 Å². The number of hydrogen-bond acceptors (Lipinski definition) is 1. The van der Waals surface area contributed by atoms with E-state index < -0.39 is 5.60 Å². The van der Waals surface area contributed by atoms with Crippen molar-refractivity contribution >= 4 is 32.3 Å². The summed E-state index contributed by atoms with van der Waals surface area (Å²) in [5.74, 6) is -0.210. The zero-order valence-corrected chi connectivity index (χ0v) is 19.9. The van der Waals surface area contributed by atoms with E-state index in [2.05, 4.69) is 127 Å². The molecule has 0 aromatic heterocycles. The normalized spacial score (nSPS) is 13.5. The molecule has 0 fully saturated rings. The summed E-state index contributed by atoms with van der Waals surface area (Å²) in [5, 5.41) is 19.6. The van der Waals surface area contributed by atoms with E-state index in [0.717, 1.165) is 11.1 Å². The quantitative estimate of drug-likeness (QED) is 0.279. The van der Waals surface area contributed by atoms with Gasteiger partial charge in [-0.15, -0.1) is 0 Å². The first-order valence-corrected chi connectivity index (χ1v) is 12.3. The van der Waals surface area contributed by atoms with E-state index >= 15 is 0 Å². The molecule has 35 heavy (non-hydrogen) atoms. The topological polar surface area (TPSA) is 20.2 Å². The minimum absolute atomic E-state index is 0.210. The van der Waals surface area contributed by atoms with Crippen LogP contribution in [0.15, 0.2) is 127 Å². The maximum absolute atomic E-state index is 12.4. The van der Waals surface area contributed by atoms with Gasteiger partial charge in [-0.25, -0.2) is 0 Å². The van der Waals surface area contributed by atoms with E-state index in [4.69, 9.17) is 0 Å². The number of rotatable bonds is 5. The first-order chi connectivity index (χ1) is 17.1. The number of benzene rings is 6. The van der Waals surface area contributed by atoms with Crippen molar-refractivity contribution in [1.29, 1.82) is 0 Å². The fourth-order valence-electron chi connectivity index (χ4n) is 5.78. The molecule has 1 N–H and O–H groups in total. The van der Waals surface area contributed by atoms with Crippen molar-refractivity contribution in [3.8, 4) is 0 Å². The summed E-state index contributed by atoms with van der Waals surface area (Å²) in [4.78, 5) is 0. The SMILES string of the molecule is CC(O)(Cc1cccc2ccccc12)C(c1cccc2ccccc12)c1cccc2ccccc12. The molecular formula is C34H28O. The molecule has 0 heterocycles. The van der Waals surface area contributed by atoms with E-state index in [1.54, 1.807) is 0 Å². The lowest BCUT2D eigenvalue weighted by Crippen LogP contribution is -2.36.